The maximum atomic E-state index is 13.6. The molecule has 17 heteroatoms. The number of Topliss-reactive ketones (excluding diaryl/α,β-unsaturated/α-hetero) is 2. The molecule has 11 rings (SSSR count). The first-order valence-electron chi connectivity index (χ1n) is 27.0. The molecule has 5 heterocycles. The zero-order valence-electron chi connectivity index (χ0n) is 45.6. The average molecular weight is 1110 g/mol. The number of benzene rings is 4. The summed E-state index contributed by atoms with van der Waals surface area (Å²) in [6.07, 6.45) is 11.3. The summed E-state index contributed by atoms with van der Waals surface area (Å²) in [5.74, 6) is 2.47. The summed E-state index contributed by atoms with van der Waals surface area (Å²) in [5, 5.41) is 16.1. The molecule has 78 heavy (non-hydrogen) atoms. The van der Waals surface area contributed by atoms with Crippen LogP contribution >= 0.6 is 15.9 Å². The lowest BCUT2D eigenvalue weighted by Gasteiger charge is -2.34. The third kappa shape index (κ3) is 11.4. The predicted octanol–water partition coefficient (Wildman–Crippen LogP) is 10.7. The molecule has 402 valence electrons. The van der Waals surface area contributed by atoms with Crippen LogP contribution in [-0.4, -0.2) is 103 Å². The van der Waals surface area contributed by atoms with Gasteiger partial charge in [-0.3, -0.25) is 19.0 Å². The molecule has 3 aliphatic rings. The lowest BCUT2D eigenvalue weighted by molar-refractivity contribution is 0.0978. The molecule has 0 atom stereocenters. The van der Waals surface area contributed by atoms with Crippen LogP contribution in [0.15, 0.2) is 102 Å². The van der Waals surface area contributed by atoms with Gasteiger partial charge in [0.15, 0.2) is 11.6 Å². The molecule has 4 aromatic carbocycles. The molecule has 4 aromatic heterocycles. The fraction of sp³-hybridized carbons (Fsp3) is 0.344. The molecule has 0 bridgehead atoms. The molecule has 1 saturated heterocycles. The smallest absolute Gasteiger partial charge is 0.227 e. The van der Waals surface area contributed by atoms with Gasteiger partial charge < -0.3 is 29.9 Å². The topological polar surface area (TPSA) is 170 Å². The van der Waals surface area contributed by atoms with Crippen LogP contribution in [0.2, 0.25) is 0 Å². The van der Waals surface area contributed by atoms with Crippen LogP contribution in [0, 0.1) is 0 Å². The van der Waals surface area contributed by atoms with Crippen LogP contribution in [0.5, 0.6) is 11.5 Å². The predicted molar refractivity (Wildman–Crippen MR) is 310 cm³/mol. The van der Waals surface area contributed by atoms with Crippen LogP contribution < -0.4 is 25.0 Å². The Morgan fingerprint density at radius 2 is 1.05 bits per heavy atom. The molecular weight excluding hydrogens is 1040 g/mol. The third-order valence-corrected chi connectivity index (χ3v) is 15.6. The van der Waals surface area contributed by atoms with Gasteiger partial charge in [0.2, 0.25) is 11.9 Å². The summed E-state index contributed by atoms with van der Waals surface area (Å²) < 4.78 is 15.8. The highest BCUT2D eigenvalue weighted by molar-refractivity contribution is 9.10. The van der Waals surface area contributed by atoms with Gasteiger partial charge in [-0.1, -0.05) is 78.3 Å². The molecule has 1 fully saturated rings. The summed E-state index contributed by atoms with van der Waals surface area (Å²) in [4.78, 5) is 50.9. The lowest BCUT2D eigenvalue weighted by Crippen LogP contribution is -2.44. The van der Waals surface area contributed by atoms with E-state index in [9.17, 15) is 9.59 Å². The molecule has 1 aliphatic heterocycles. The number of methoxy groups -OCH3 is 2. The van der Waals surface area contributed by atoms with Gasteiger partial charge in [-0.15, -0.1) is 0 Å². The zero-order chi connectivity index (χ0) is 54.5. The second kappa shape index (κ2) is 23.9. The number of ketones is 2. The van der Waals surface area contributed by atoms with E-state index in [1.165, 1.54) is 11.1 Å². The standard InChI is InChI=1S/C33H39N7O2.C28H28BrN5O2/c1-5-22-9-6-7-10-23(22)19-28(41)31-26-12-8-11-24-21-34-33(36-30(24)32(26)39(3)37-31)35-27-14-13-25(20-29(27)42-4)40-17-15-38(2)16-18-40;1-4-17-8-5-6-9-18(17)14-23(35)26-21-11-7-10-19-16-30-28(32-25(19)27(21)34(2)33-26)31-22-13-12-20(29)15-24(22)36-3/h6-7,9-10,13-14,20-21H,5,8,11-12,15-19H2,1-4H3,(H,34,35,36);5-6,8-9,12-13,15-16H,4,7,10-11,14H2,1-3H3,(H,30,31,32). The minimum Gasteiger partial charge on any atom is -0.495 e. The van der Waals surface area contributed by atoms with Crippen LogP contribution in [-0.2, 0) is 65.5 Å². The van der Waals surface area contributed by atoms with Gasteiger partial charge >= 0.3 is 0 Å². The zero-order valence-corrected chi connectivity index (χ0v) is 47.2. The Balaban J connectivity index is 0.000000179. The largest absolute Gasteiger partial charge is 0.495 e. The molecule has 0 amide bonds. The number of piperazine rings is 1. The fourth-order valence-electron chi connectivity index (χ4n) is 11.0. The summed E-state index contributed by atoms with van der Waals surface area (Å²) in [6, 6.07) is 28.3. The summed E-state index contributed by atoms with van der Waals surface area (Å²) in [5.41, 5.74) is 15.9. The number of nitrogens with zero attached hydrogens (tertiary/aromatic N) is 10. The highest BCUT2D eigenvalue weighted by atomic mass is 79.9. The number of anilines is 5. The maximum absolute atomic E-state index is 13.6. The quantitative estimate of drug-likeness (QED) is 0.0930. The lowest BCUT2D eigenvalue weighted by atomic mass is 9.97. The van der Waals surface area contributed by atoms with Crippen molar-refractivity contribution in [3.05, 3.63) is 158 Å². The van der Waals surface area contributed by atoms with E-state index in [4.69, 9.17) is 29.6 Å². The second-order valence-corrected chi connectivity index (χ2v) is 21.1. The van der Waals surface area contributed by atoms with Gasteiger partial charge in [-0.05, 0) is 122 Å². The van der Waals surface area contributed by atoms with Crippen molar-refractivity contribution in [3.8, 4) is 34.3 Å². The molecule has 0 radical (unpaired) electrons. The van der Waals surface area contributed by atoms with E-state index in [0.717, 1.165) is 161 Å². The molecule has 0 spiro atoms. The third-order valence-electron chi connectivity index (χ3n) is 15.2. The minimum absolute atomic E-state index is 0.0446. The van der Waals surface area contributed by atoms with Gasteiger partial charge in [0.05, 0.1) is 48.4 Å². The Labute approximate surface area is 464 Å². The number of rotatable bonds is 15. The first-order valence-corrected chi connectivity index (χ1v) is 27.8. The SMILES string of the molecule is CCc1ccccc1CC(=O)c1nn(C)c2c1CCCc1cnc(Nc3ccc(Br)cc3OC)nc1-2.CCc1ccccc1CC(=O)c1nn(C)c2c1CCCc1cnc(Nc3ccc(N4CCN(C)CC4)cc3OC)nc1-2. The number of ether oxygens (including phenoxy) is 2. The second-order valence-electron chi connectivity index (χ2n) is 20.2. The highest BCUT2D eigenvalue weighted by Gasteiger charge is 2.30. The maximum Gasteiger partial charge on any atom is 0.227 e. The molecule has 16 nitrogen and oxygen atoms in total. The summed E-state index contributed by atoms with van der Waals surface area (Å²) in [7, 11) is 9.26. The normalized spacial score (nSPS) is 13.9. The van der Waals surface area contributed by atoms with Crippen LogP contribution in [0.25, 0.3) is 22.8 Å². The average Bonchev–Trinajstić information content (AvgIpc) is 3.88. The summed E-state index contributed by atoms with van der Waals surface area (Å²) in [6.45, 7) is 8.30. The molecule has 2 N–H and O–H groups in total. The van der Waals surface area contributed by atoms with Crippen molar-refractivity contribution in [2.45, 2.75) is 78.1 Å². The van der Waals surface area contributed by atoms with E-state index in [0.29, 0.717) is 41.9 Å². The van der Waals surface area contributed by atoms with Gasteiger partial charge in [-0.25, -0.2) is 19.9 Å². The fourth-order valence-corrected chi connectivity index (χ4v) is 11.3. The van der Waals surface area contributed by atoms with Crippen molar-refractivity contribution in [1.82, 2.24) is 44.4 Å². The van der Waals surface area contributed by atoms with E-state index in [2.05, 4.69) is 91.5 Å². The number of carbonyl (C=O) groups is 2. The molecule has 8 aromatic rings. The first-order chi connectivity index (χ1) is 37.9. The van der Waals surface area contributed by atoms with Crippen molar-refractivity contribution in [1.29, 1.82) is 0 Å². The number of likely N-dealkylation sites (N-methyl/N-ethyl adjacent to an activating group) is 1. The van der Waals surface area contributed by atoms with Crippen molar-refractivity contribution in [3.63, 3.8) is 0 Å². The van der Waals surface area contributed by atoms with E-state index in [1.54, 1.807) is 18.9 Å². The summed E-state index contributed by atoms with van der Waals surface area (Å²) >= 11 is 3.47. The number of aromatic nitrogens is 8. The van der Waals surface area contributed by atoms with Crippen molar-refractivity contribution < 1.29 is 19.1 Å². The Bertz CT molecular complexity index is 3510. The van der Waals surface area contributed by atoms with E-state index in [-0.39, 0.29) is 11.6 Å². The van der Waals surface area contributed by atoms with Crippen LogP contribution in [0.4, 0.5) is 29.0 Å². The van der Waals surface area contributed by atoms with E-state index < -0.39 is 0 Å². The van der Waals surface area contributed by atoms with Crippen molar-refractivity contribution >= 4 is 56.5 Å². The number of nitrogens with one attached hydrogen (secondary N) is 2. The van der Waals surface area contributed by atoms with Gasteiger partial charge in [0.25, 0.3) is 0 Å². The number of halogens is 1. The number of hydrogen-bond acceptors (Lipinski definition) is 14. The first kappa shape index (κ1) is 53.6. The Hall–Kier alpha value is -7.76. The van der Waals surface area contributed by atoms with Gasteiger partial charge in [0, 0.05) is 92.9 Å². The van der Waals surface area contributed by atoms with Gasteiger partial charge in [-0.2, -0.15) is 10.2 Å². The van der Waals surface area contributed by atoms with E-state index in [1.807, 2.05) is 91.8 Å². The monoisotopic (exact) mass is 1110 g/mol. The Kier molecular flexibility index (Phi) is 16.4. The minimum atomic E-state index is 0.0446. The molecule has 0 unspecified atom stereocenters. The number of fused-ring (bicyclic) bond motifs is 6. The number of hydrogen-bond donors (Lipinski definition) is 2. The highest BCUT2D eigenvalue weighted by Crippen LogP contribution is 2.38. The van der Waals surface area contributed by atoms with Crippen molar-refractivity contribution in [2.24, 2.45) is 14.1 Å². The molecular formula is C61H67BrN12O4. The number of carbonyl (C=O) groups excluding carboxylic acids is 2. The van der Waals surface area contributed by atoms with Gasteiger partial charge in [0.1, 0.15) is 22.9 Å². The van der Waals surface area contributed by atoms with Crippen molar-refractivity contribution in [2.75, 3.05) is 63.0 Å². The Morgan fingerprint density at radius 3 is 1.53 bits per heavy atom. The van der Waals surface area contributed by atoms with Crippen LogP contribution in [0.3, 0.4) is 0 Å². The van der Waals surface area contributed by atoms with Crippen LogP contribution in [0.1, 0.15) is 92.2 Å². The number of aryl methyl sites for hydroxylation is 6. The molecule has 0 saturated carbocycles. The Morgan fingerprint density at radius 1 is 0.590 bits per heavy atom. The molecule has 2 aliphatic carbocycles. The van der Waals surface area contributed by atoms with E-state index >= 15 is 0 Å².